The van der Waals surface area contributed by atoms with Gasteiger partial charge in [-0.15, -0.1) is 0 Å². The first-order valence-electron chi connectivity index (χ1n) is 5.64. The van der Waals surface area contributed by atoms with Gasteiger partial charge in [0.15, 0.2) is 5.60 Å². The summed E-state index contributed by atoms with van der Waals surface area (Å²) in [6, 6.07) is 0. The number of hydrogen-bond donors (Lipinski definition) is 0. The third-order valence-electron chi connectivity index (χ3n) is 3.57. The average Bonchev–Trinajstić information content (AvgIpc) is 3.10. The van der Waals surface area contributed by atoms with Crippen molar-refractivity contribution in [1.82, 2.24) is 0 Å². The van der Waals surface area contributed by atoms with Crippen molar-refractivity contribution in [3.8, 4) is 0 Å². The van der Waals surface area contributed by atoms with Crippen LogP contribution in [0.15, 0.2) is 0 Å². The van der Waals surface area contributed by atoms with E-state index < -0.39 is 5.60 Å². The fraction of sp³-hybridized carbons (Fsp3) is 0.909. The Morgan fingerprint density at radius 3 is 2.93 bits per heavy atom. The number of epoxide rings is 2. The van der Waals surface area contributed by atoms with E-state index in [1.807, 2.05) is 0 Å². The van der Waals surface area contributed by atoms with Crippen molar-refractivity contribution >= 4 is 5.97 Å². The van der Waals surface area contributed by atoms with Gasteiger partial charge in [0.05, 0.1) is 25.4 Å². The number of ether oxygens (including phenoxy) is 3. The van der Waals surface area contributed by atoms with Gasteiger partial charge >= 0.3 is 5.97 Å². The van der Waals surface area contributed by atoms with Crippen molar-refractivity contribution < 1.29 is 19.0 Å². The lowest BCUT2D eigenvalue weighted by molar-refractivity contribution is -0.151. The molecule has 3 aliphatic rings. The molecule has 1 aliphatic carbocycles. The van der Waals surface area contributed by atoms with Crippen molar-refractivity contribution in [2.45, 2.75) is 44.0 Å². The summed E-state index contributed by atoms with van der Waals surface area (Å²) in [4.78, 5) is 11.5. The normalized spacial score (nSPS) is 46.9. The highest BCUT2D eigenvalue weighted by atomic mass is 16.6. The Hall–Kier alpha value is -0.610. The number of rotatable bonds is 3. The number of carbonyl (C=O) groups is 1. The Morgan fingerprint density at radius 1 is 1.47 bits per heavy atom. The predicted octanol–water partition coefficient (Wildman–Crippen LogP) is 0.886. The molecule has 0 aromatic carbocycles. The molecule has 0 amide bonds. The highest BCUT2D eigenvalue weighted by molar-refractivity contribution is 5.81. The Bertz CT molecular complexity index is 284. The van der Waals surface area contributed by atoms with Gasteiger partial charge in [-0.3, -0.25) is 0 Å². The number of carbonyl (C=O) groups excluding carboxylic acids is 1. The summed E-state index contributed by atoms with van der Waals surface area (Å²) >= 11 is 0. The van der Waals surface area contributed by atoms with Crippen molar-refractivity contribution in [3.05, 3.63) is 0 Å². The first-order valence-corrected chi connectivity index (χ1v) is 5.64. The van der Waals surface area contributed by atoms with E-state index in [2.05, 4.69) is 0 Å². The van der Waals surface area contributed by atoms with Crippen LogP contribution in [0.2, 0.25) is 0 Å². The van der Waals surface area contributed by atoms with Gasteiger partial charge in [-0.25, -0.2) is 4.79 Å². The van der Waals surface area contributed by atoms with E-state index in [0.717, 1.165) is 19.3 Å². The fourth-order valence-electron chi connectivity index (χ4n) is 2.21. The molecule has 0 radical (unpaired) electrons. The molecule has 84 valence electrons. The van der Waals surface area contributed by atoms with Gasteiger partial charge < -0.3 is 14.2 Å². The zero-order valence-electron chi connectivity index (χ0n) is 8.90. The van der Waals surface area contributed by atoms with E-state index in [1.54, 1.807) is 6.92 Å². The molecule has 4 atom stereocenters. The lowest BCUT2D eigenvalue weighted by Crippen LogP contribution is -2.27. The second-order valence-corrected chi connectivity index (χ2v) is 5.01. The fourth-order valence-corrected chi connectivity index (χ4v) is 2.21. The largest absolute Gasteiger partial charge is 0.463 e. The van der Waals surface area contributed by atoms with Gasteiger partial charge in [0.2, 0.25) is 0 Å². The van der Waals surface area contributed by atoms with E-state index in [-0.39, 0.29) is 5.97 Å². The lowest BCUT2D eigenvalue weighted by atomic mass is 9.90. The average molecular weight is 212 g/mol. The van der Waals surface area contributed by atoms with E-state index >= 15 is 0 Å². The van der Waals surface area contributed by atoms with Crippen LogP contribution in [-0.4, -0.2) is 37.0 Å². The molecule has 0 aromatic heterocycles. The predicted molar refractivity (Wildman–Crippen MR) is 51.3 cm³/mol. The Morgan fingerprint density at radius 2 is 2.27 bits per heavy atom. The van der Waals surface area contributed by atoms with Gasteiger partial charge in [0.1, 0.15) is 0 Å². The molecule has 15 heavy (non-hydrogen) atoms. The molecule has 3 fully saturated rings. The topological polar surface area (TPSA) is 51.4 Å². The lowest BCUT2D eigenvalue weighted by Gasteiger charge is -2.19. The van der Waals surface area contributed by atoms with Gasteiger partial charge in [0, 0.05) is 0 Å². The number of fused-ring (bicyclic) bond motifs is 1. The summed E-state index contributed by atoms with van der Waals surface area (Å²) < 4.78 is 15.7. The monoisotopic (exact) mass is 212 g/mol. The summed E-state index contributed by atoms with van der Waals surface area (Å²) in [6.07, 6.45) is 4.26. The molecule has 0 N–H and O–H groups in total. The van der Waals surface area contributed by atoms with Gasteiger partial charge in [-0.2, -0.15) is 0 Å². The molecule has 4 heteroatoms. The van der Waals surface area contributed by atoms with Gasteiger partial charge in [-0.1, -0.05) is 0 Å². The summed E-state index contributed by atoms with van der Waals surface area (Å²) in [6.45, 7) is 2.81. The van der Waals surface area contributed by atoms with Gasteiger partial charge in [0.25, 0.3) is 0 Å². The standard InChI is InChI=1S/C11H16O4/c1-11(6-14-11)10(12)13-5-7-2-3-8-9(4-7)15-8/h7-9H,2-6H2,1H3. The van der Waals surface area contributed by atoms with Gasteiger partial charge in [-0.05, 0) is 32.1 Å². The first kappa shape index (κ1) is 9.60. The first-order chi connectivity index (χ1) is 7.17. The molecule has 1 saturated carbocycles. The molecule has 2 heterocycles. The number of esters is 1. The zero-order valence-corrected chi connectivity index (χ0v) is 8.90. The third kappa shape index (κ3) is 1.88. The van der Waals surface area contributed by atoms with Crippen molar-refractivity contribution in [3.63, 3.8) is 0 Å². The van der Waals surface area contributed by atoms with Crippen molar-refractivity contribution in [2.75, 3.05) is 13.2 Å². The van der Waals surface area contributed by atoms with E-state index in [4.69, 9.17) is 14.2 Å². The maximum Gasteiger partial charge on any atom is 0.340 e. The minimum Gasteiger partial charge on any atom is -0.463 e. The molecule has 2 saturated heterocycles. The van der Waals surface area contributed by atoms with Crippen LogP contribution in [0.25, 0.3) is 0 Å². The molecule has 4 nitrogen and oxygen atoms in total. The summed E-state index contributed by atoms with van der Waals surface area (Å²) in [5.74, 6) is 0.279. The van der Waals surface area contributed by atoms with Crippen LogP contribution in [-0.2, 0) is 19.0 Å². The molecular formula is C11H16O4. The van der Waals surface area contributed by atoms with Crippen LogP contribution in [0, 0.1) is 5.92 Å². The Kier molecular flexibility index (Phi) is 2.04. The van der Waals surface area contributed by atoms with Crippen LogP contribution < -0.4 is 0 Å². The minimum atomic E-state index is -0.632. The van der Waals surface area contributed by atoms with Crippen LogP contribution in [0.5, 0.6) is 0 Å². The molecule has 0 bridgehead atoms. The maximum atomic E-state index is 11.5. The van der Waals surface area contributed by atoms with E-state index in [9.17, 15) is 4.79 Å². The quantitative estimate of drug-likeness (QED) is 0.515. The maximum absolute atomic E-state index is 11.5. The molecule has 2 aliphatic heterocycles. The summed E-state index contributed by atoms with van der Waals surface area (Å²) in [5.41, 5.74) is -0.632. The van der Waals surface area contributed by atoms with Crippen LogP contribution in [0.4, 0.5) is 0 Å². The second kappa shape index (κ2) is 3.19. The van der Waals surface area contributed by atoms with Crippen LogP contribution in [0.1, 0.15) is 26.2 Å². The Labute approximate surface area is 88.9 Å². The van der Waals surface area contributed by atoms with Crippen LogP contribution >= 0.6 is 0 Å². The van der Waals surface area contributed by atoms with E-state index in [0.29, 0.717) is 31.3 Å². The van der Waals surface area contributed by atoms with Crippen molar-refractivity contribution in [2.24, 2.45) is 5.92 Å². The van der Waals surface area contributed by atoms with Crippen molar-refractivity contribution in [1.29, 1.82) is 0 Å². The van der Waals surface area contributed by atoms with E-state index in [1.165, 1.54) is 0 Å². The summed E-state index contributed by atoms with van der Waals surface area (Å²) in [7, 11) is 0. The SMILES string of the molecule is CC1(C(=O)OCC2CCC3OC3C2)CO1. The van der Waals surface area contributed by atoms with Crippen LogP contribution in [0.3, 0.4) is 0 Å². The third-order valence-corrected chi connectivity index (χ3v) is 3.57. The molecule has 4 unspecified atom stereocenters. The minimum absolute atomic E-state index is 0.207. The Balaban J connectivity index is 1.43. The highest BCUT2D eigenvalue weighted by Gasteiger charge is 2.49. The summed E-state index contributed by atoms with van der Waals surface area (Å²) in [5, 5.41) is 0. The molecule has 0 aromatic rings. The molecular weight excluding hydrogens is 196 g/mol. The zero-order chi connectivity index (χ0) is 10.5. The highest BCUT2D eigenvalue weighted by Crippen LogP contribution is 2.39. The number of hydrogen-bond acceptors (Lipinski definition) is 4. The molecule has 3 rings (SSSR count). The second-order valence-electron chi connectivity index (χ2n) is 5.01. The smallest absolute Gasteiger partial charge is 0.340 e. The molecule has 0 spiro atoms.